The Labute approximate surface area is 564 Å². The minimum atomic E-state index is -0.601. The smallest absolute Gasteiger partial charge is 0.343 e. The van der Waals surface area contributed by atoms with Gasteiger partial charge in [-0.2, -0.15) is 0 Å². The topological polar surface area (TPSA) is 108 Å². The average Bonchev–Trinajstić information content (AvgIpc) is 0.929. The maximum atomic E-state index is 14.3. The quantitative estimate of drug-likeness (QED) is 0.0208. The molecule has 7 rings (SSSR count). The molecule has 0 aromatic heterocycles. The highest BCUT2D eigenvalue weighted by molar-refractivity contribution is 5.93. The van der Waals surface area contributed by atoms with Gasteiger partial charge < -0.3 is 37.9 Å². The van der Waals surface area contributed by atoms with Gasteiger partial charge in [-0.05, 0) is 139 Å². The number of rotatable bonds is 50. The van der Waals surface area contributed by atoms with E-state index in [2.05, 4.69) is 20.8 Å². The minimum absolute atomic E-state index is 0.183. The molecular formula is C84H110O10. The van der Waals surface area contributed by atoms with Crippen molar-refractivity contribution >= 4 is 11.9 Å². The van der Waals surface area contributed by atoms with Gasteiger partial charge >= 0.3 is 11.9 Å². The molecule has 0 spiro atoms. The first kappa shape index (κ1) is 73.7. The van der Waals surface area contributed by atoms with Crippen LogP contribution in [0.3, 0.4) is 0 Å². The molecule has 0 N–H and O–H groups in total. The summed E-state index contributed by atoms with van der Waals surface area (Å²) in [5.74, 6) is 3.16. The van der Waals surface area contributed by atoms with Crippen molar-refractivity contribution in [3.8, 4) is 57.1 Å². The van der Waals surface area contributed by atoms with Crippen LogP contribution in [0.4, 0.5) is 0 Å². The van der Waals surface area contributed by atoms with Gasteiger partial charge in [0.2, 0.25) is 5.75 Å². The second-order valence-electron chi connectivity index (χ2n) is 25.4. The standard InChI is InChI=1S/C84H110O10/c1-5-8-11-14-17-20-23-26-29-32-59-87-75-49-39-69(40-50-75)65-91-81-63-74(62-80(90-64-68-37-35-67(4)36-38-68)82(81)92-66-70-41-51-76(52-42-70)88-60-33-30-27-24-21-18-15-12-9-6-2)84(86)94-78-53-47-72(48-54-78)71-43-45-73(46-44-71)83(85)93-79-57-55-77(56-58-79)89-61-34-31-28-25-22-19-16-13-10-7-3/h35-58,62-63H,5-34,59-61,64-66H2,1-4H3. The first-order chi connectivity index (χ1) is 46.3. The molecule has 0 aliphatic rings. The highest BCUT2D eigenvalue weighted by Gasteiger charge is 2.22. The number of unbranched alkanes of at least 4 members (excludes halogenated alkanes) is 27. The molecule has 0 saturated heterocycles. The first-order valence-electron chi connectivity index (χ1n) is 36.2. The molecule has 0 unspecified atom stereocenters. The molecule has 506 valence electrons. The maximum Gasteiger partial charge on any atom is 0.343 e. The van der Waals surface area contributed by atoms with Gasteiger partial charge in [-0.25, -0.2) is 9.59 Å². The van der Waals surface area contributed by atoms with Crippen molar-refractivity contribution in [2.24, 2.45) is 0 Å². The van der Waals surface area contributed by atoms with Gasteiger partial charge in [-0.3, -0.25) is 0 Å². The minimum Gasteiger partial charge on any atom is -0.494 e. The van der Waals surface area contributed by atoms with E-state index in [4.69, 9.17) is 37.9 Å². The molecule has 0 fully saturated rings. The predicted octanol–water partition coefficient (Wildman–Crippen LogP) is 23.7. The number of benzene rings is 7. The third kappa shape index (κ3) is 28.9. The number of aryl methyl sites for hydroxylation is 1. The zero-order valence-corrected chi connectivity index (χ0v) is 57.5. The van der Waals surface area contributed by atoms with E-state index < -0.39 is 11.9 Å². The molecule has 7 aromatic rings. The van der Waals surface area contributed by atoms with Crippen LogP contribution in [0.5, 0.6) is 46.0 Å². The summed E-state index contributed by atoms with van der Waals surface area (Å²) in [6.07, 6.45) is 38.3. The Balaban J connectivity index is 0.973. The van der Waals surface area contributed by atoms with E-state index in [1.165, 1.54) is 173 Å². The molecular weight excluding hydrogens is 1170 g/mol. The predicted molar refractivity (Wildman–Crippen MR) is 384 cm³/mol. The molecule has 0 heterocycles. The fraction of sp³-hybridized carbons (Fsp3) is 0.476. The molecule has 0 amide bonds. The summed E-state index contributed by atoms with van der Waals surface area (Å²) in [5.41, 5.74) is 6.32. The highest BCUT2D eigenvalue weighted by atomic mass is 16.6. The van der Waals surface area contributed by atoms with Crippen molar-refractivity contribution in [1.82, 2.24) is 0 Å². The summed E-state index contributed by atoms with van der Waals surface area (Å²) in [5, 5.41) is 0. The molecule has 0 atom stereocenters. The Kier molecular flexibility index (Phi) is 35.1. The molecule has 7 aromatic carbocycles. The van der Waals surface area contributed by atoms with Crippen molar-refractivity contribution in [2.75, 3.05) is 19.8 Å². The fourth-order valence-electron chi connectivity index (χ4n) is 11.4. The monoisotopic (exact) mass is 1280 g/mol. The number of carbonyl (C=O) groups excluding carboxylic acids is 2. The zero-order valence-electron chi connectivity index (χ0n) is 57.5. The first-order valence-corrected chi connectivity index (χ1v) is 36.2. The van der Waals surface area contributed by atoms with E-state index in [9.17, 15) is 9.59 Å². The van der Waals surface area contributed by atoms with Crippen LogP contribution in [-0.2, 0) is 19.8 Å². The molecule has 0 aliphatic carbocycles. The lowest BCUT2D eigenvalue weighted by molar-refractivity contribution is 0.0724. The number of ether oxygens (including phenoxy) is 8. The molecule has 0 saturated carbocycles. The van der Waals surface area contributed by atoms with Crippen molar-refractivity contribution in [3.63, 3.8) is 0 Å². The molecule has 0 radical (unpaired) electrons. The van der Waals surface area contributed by atoms with Crippen LogP contribution in [0.15, 0.2) is 158 Å². The van der Waals surface area contributed by atoms with Gasteiger partial charge in [-0.15, -0.1) is 0 Å². The average molecular weight is 1280 g/mol. The van der Waals surface area contributed by atoms with E-state index in [0.29, 0.717) is 54.1 Å². The Morgan fingerprint density at radius 2 is 0.553 bits per heavy atom. The van der Waals surface area contributed by atoms with Gasteiger partial charge in [0.25, 0.3) is 0 Å². The van der Waals surface area contributed by atoms with E-state index in [1.807, 2.05) is 116 Å². The maximum absolute atomic E-state index is 14.3. The summed E-state index contributed by atoms with van der Waals surface area (Å²) in [6, 6.07) is 49.2. The van der Waals surface area contributed by atoms with Gasteiger partial charge in [0, 0.05) is 0 Å². The van der Waals surface area contributed by atoms with Crippen molar-refractivity contribution in [3.05, 3.63) is 191 Å². The molecule has 10 heteroatoms. The number of hydrogen-bond donors (Lipinski definition) is 0. The van der Waals surface area contributed by atoms with Crippen molar-refractivity contribution in [2.45, 2.75) is 240 Å². The lowest BCUT2D eigenvalue weighted by Gasteiger charge is -2.19. The second-order valence-corrected chi connectivity index (χ2v) is 25.4. The normalized spacial score (nSPS) is 11.1. The second kappa shape index (κ2) is 44.8. The Morgan fingerprint density at radius 3 is 0.915 bits per heavy atom. The summed E-state index contributed by atoms with van der Waals surface area (Å²) < 4.78 is 50.0. The lowest BCUT2D eigenvalue weighted by Crippen LogP contribution is -2.11. The van der Waals surface area contributed by atoms with E-state index in [1.54, 1.807) is 48.5 Å². The molecule has 0 bridgehead atoms. The van der Waals surface area contributed by atoms with Gasteiger partial charge in [0.1, 0.15) is 48.6 Å². The van der Waals surface area contributed by atoms with Crippen LogP contribution in [0, 0.1) is 6.92 Å². The third-order valence-corrected chi connectivity index (χ3v) is 17.2. The van der Waals surface area contributed by atoms with Gasteiger partial charge in [-0.1, -0.05) is 272 Å². The van der Waals surface area contributed by atoms with Crippen LogP contribution in [0.2, 0.25) is 0 Å². The summed E-state index contributed by atoms with van der Waals surface area (Å²) in [4.78, 5) is 27.6. The van der Waals surface area contributed by atoms with Crippen molar-refractivity contribution in [1.29, 1.82) is 0 Å². The van der Waals surface area contributed by atoms with Crippen LogP contribution in [0.1, 0.15) is 256 Å². The zero-order chi connectivity index (χ0) is 65.9. The number of hydrogen-bond acceptors (Lipinski definition) is 10. The van der Waals surface area contributed by atoms with Crippen LogP contribution in [-0.4, -0.2) is 31.8 Å². The summed E-state index contributed by atoms with van der Waals surface area (Å²) in [6.45, 7) is 11.5. The molecule has 94 heavy (non-hydrogen) atoms. The van der Waals surface area contributed by atoms with E-state index in [-0.39, 0.29) is 25.4 Å². The molecule has 10 nitrogen and oxygen atoms in total. The summed E-state index contributed by atoms with van der Waals surface area (Å²) in [7, 11) is 0. The summed E-state index contributed by atoms with van der Waals surface area (Å²) >= 11 is 0. The van der Waals surface area contributed by atoms with Crippen LogP contribution >= 0.6 is 0 Å². The Bertz CT molecular complexity index is 3140. The largest absolute Gasteiger partial charge is 0.494 e. The number of carbonyl (C=O) groups is 2. The Morgan fingerprint density at radius 1 is 0.277 bits per heavy atom. The van der Waals surface area contributed by atoms with E-state index >= 15 is 0 Å². The third-order valence-electron chi connectivity index (χ3n) is 17.2. The highest BCUT2D eigenvalue weighted by Crippen LogP contribution is 2.41. The Hall–Kier alpha value is -7.72. The van der Waals surface area contributed by atoms with Gasteiger partial charge in [0.05, 0.1) is 30.9 Å². The fourth-order valence-corrected chi connectivity index (χ4v) is 11.4. The SMILES string of the molecule is CCCCCCCCCCCCOc1ccc(COc2cc(C(=O)Oc3ccc(-c4ccc(C(=O)Oc5ccc(OCCCCCCCCCCCC)cc5)cc4)cc3)cc(OCc3ccc(C)cc3)c2OCc2ccc(OCCCCCCCCCCCC)cc2)cc1. The van der Waals surface area contributed by atoms with Gasteiger partial charge in [0.15, 0.2) is 11.5 Å². The van der Waals surface area contributed by atoms with E-state index in [0.717, 1.165) is 69.9 Å². The number of esters is 2. The van der Waals surface area contributed by atoms with Crippen molar-refractivity contribution < 1.29 is 47.5 Å². The van der Waals surface area contributed by atoms with Crippen LogP contribution < -0.4 is 37.9 Å². The lowest BCUT2D eigenvalue weighted by atomic mass is 10.0. The van der Waals surface area contributed by atoms with Crippen LogP contribution in [0.25, 0.3) is 11.1 Å². The molecule has 0 aliphatic heterocycles.